The van der Waals surface area contributed by atoms with Gasteiger partial charge < -0.3 is 16.0 Å². The maximum Gasteiger partial charge on any atom is 0.224 e. The molecule has 0 atom stereocenters. The number of hydrogen-bond acceptors (Lipinski definition) is 5. The minimum absolute atomic E-state index is 0.257. The van der Waals surface area contributed by atoms with Gasteiger partial charge in [0.1, 0.15) is 5.52 Å². The Bertz CT molecular complexity index is 536. The zero-order chi connectivity index (χ0) is 14.9. The summed E-state index contributed by atoms with van der Waals surface area (Å²) >= 11 is 0. The van der Waals surface area contributed by atoms with Crippen molar-refractivity contribution in [1.82, 2.24) is 19.9 Å². The third-order valence-electron chi connectivity index (χ3n) is 3.63. The number of aromatic amines is 1. The third kappa shape index (κ3) is 4.88. The van der Waals surface area contributed by atoms with Crippen LogP contribution in [0.5, 0.6) is 0 Å². The van der Waals surface area contributed by atoms with E-state index in [1.807, 2.05) is 0 Å². The minimum atomic E-state index is 0.257. The van der Waals surface area contributed by atoms with Gasteiger partial charge in [-0.05, 0) is 6.42 Å². The number of H-pyrrole nitrogens is 1. The third-order valence-corrected chi connectivity index (χ3v) is 3.63. The van der Waals surface area contributed by atoms with Crippen LogP contribution in [-0.4, -0.2) is 26.5 Å². The van der Waals surface area contributed by atoms with Crippen molar-refractivity contribution in [3.63, 3.8) is 0 Å². The Balaban J connectivity index is 1.65. The number of imidazole rings is 1. The average molecular weight is 290 g/mol. The molecule has 0 amide bonds. The largest absolute Gasteiger partial charge is 0.368 e. The number of nitrogen functional groups attached to an aromatic ring is 1. The van der Waals surface area contributed by atoms with Gasteiger partial charge in [0.2, 0.25) is 5.95 Å². The molecule has 6 heteroatoms. The molecule has 6 nitrogen and oxygen atoms in total. The molecule has 0 bridgehead atoms. The van der Waals surface area contributed by atoms with Gasteiger partial charge >= 0.3 is 0 Å². The molecule has 0 aliphatic rings. The first-order valence-corrected chi connectivity index (χ1v) is 8.01. The molecule has 2 heterocycles. The topological polar surface area (TPSA) is 92.5 Å². The lowest BCUT2D eigenvalue weighted by Crippen LogP contribution is -2.06. The molecule has 4 N–H and O–H groups in total. The molecule has 2 rings (SSSR count). The van der Waals surface area contributed by atoms with Crippen LogP contribution in [-0.2, 0) is 0 Å². The molecule has 0 saturated carbocycles. The second kappa shape index (κ2) is 8.44. The van der Waals surface area contributed by atoms with E-state index in [1.54, 1.807) is 6.33 Å². The smallest absolute Gasteiger partial charge is 0.224 e. The fourth-order valence-corrected chi connectivity index (χ4v) is 2.44. The highest BCUT2D eigenvalue weighted by atomic mass is 15.1. The average Bonchev–Trinajstić information content (AvgIpc) is 2.93. The summed E-state index contributed by atoms with van der Waals surface area (Å²) in [5.41, 5.74) is 7.11. The Morgan fingerprint density at radius 2 is 1.76 bits per heavy atom. The first-order valence-electron chi connectivity index (χ1n) is 8.01. The van der Waals surface area contributed by atoms with Crippen molar-refractivity contribution in [2.75, 3.05) is 17.6 Å². The van der Waals surface area contributed by atoms with E-state index in [1.165, 1.54) is 44.9 Å². The zero-order valence-corrected chi connectivity index (χ0v) is 12.9. The number of nitrogens with zero attached hydrogens (tertiary/aromatic N) is 3. The van der Waals surface area contributed by atoms with Crippen LogP contribution in [0, 0.1) is 0 Å². The minimum Gasteiger partial charge on any atom is -0.368 e. The van der Waals surface area contributed by atoms with Crippen LogP contribution >= 0.6 is 0 Å². The molecule has 0 aliphatic heterocycles. The summed E-state index contributed by atoms with van der Waals surface area (Å²) in [5.74, 6) is 1.01. The zero-order valence-electron chi connectivity index (χ0n) is 12.9. The van der Waals surface area contributed by atoms with Gasteiger partial charge in [-0.25, -0.2) is 4.98 Å². The van der Waals surface area contributed by atoms with Crippen molar-refractivity contribution in [2.24, 2.45) is 0 Å². The SMILES string of the molecule is CCCCCCCCCCNc1nc(N)nc2nc[nH]c12. The van der Waals surface area contributed by atoms with Crippen LogP contribution in [0.2, 0.25) is 0 Å². The molecule has 0 spiro atoms. The van der Waals surface area contributed by atoms with Gasteiger partial charge in [-0.1, -0.05) is 51.9 Å². The second-order valence-corrected chi connectivity index (χ2v) is 5.43. The quantitative estimate of drug-likeness (QED) is 0.582. The number of hydrogen-bond donors (Lipinski definition) is 3. The van der Waals surface area contributed by atoms with Gasteiger partial charge in [-0.15, -0.1) is 0 Å². The highest BCUT2D eigenvalue weighted by molar-refractivity contribution is 5.83. The van der Waals surface area contributed by atoms with E-state index in [0.29, 0.717) is 5.65 Å². The number of nitrogens with one attached hydrogen (secondary N) is 2. The van der Waals surface area contributed by atoms with Crippen molar-refractivity contribution in [3.8, 4) is 0 Å². The molecule has 2 aromatic rings. The highest BCUT2D eigenvalue weighted by Crippen LogP contribution is 2.17. The Morgan fingerprint density at radius 1 is 1.05 bits per heavy atom. The molecule has 0 radical (unpaired) electrons. The summed E-state index contributed by atoms with van der Waals surface area (Å²) in [6, 6.07) is 0. The fraction of sp³-hybridized carbons (Fsp3) is 0.667. The molecule has 21 heavy (non-hydrogen) atoms. The van der Waals surface area contributed by atoms with E-state index >= 15 is 0 Å². The highest BCUT2D eigenvalue weighted by Gasteiger charge is 2.07. The molecule has 2 aromatic heterocycles. The van der Waals surface area contributed by atoms with Crippen molar-refractivity contribution in [2.45, 2.75) is 58.3 Å². The number of fused-ring (bicyclic) bond motifs is 1. The van der Waals surface area contributed by atoms with Gasteiger partial charge in [0.25, 0.3) is 0 Å². The summed E-state index contributed by atoms with van der Waals surface area (Å²) in [7, 11) is 0. The maximum atomic E-state index is 5.68. The van der Waals surface area contributed by atoms with E-state index in [9.17, 15) is 0 Å². The summed E-state index contributed by atoms with van der Waals surface area (Å²) in [6.07, 6.45) is 12.1. The van der Waals surface area contributed by atoms with Crippen LogP contribution in [0.4, 0.5) is 11.8 Å². The predicted molar refractivity (Wildman–Crippen MR) is 87.2 cm³/mol. The van der Waals surface area contributed by atoms with Crippen LogP contribution < -0.4 is 11.1 Å². The normalized spacial score (nSPS) is 11.1. The van der Waals surface area contributed by atoms with E-state index in [-0.39, 0.29) is 5.95 Å². The van der Waals surface area contributed by atoms with Gasteiger partial charge in [0, 0.05) is 6.54 Å². The Morgan fingerprint density at radius 3 is 2.52 bits per heavy atom. The molecular formula is C15H26N6. The van der Waals surface area contributed by atoms with Crippen molar-refractivity contribution < 1.29 is 0 Å². The monoisotopic (exact) mass is 290 g/mol. The van der Waals surface area contributed by atoms with Gasteiger partial charge in [-0.2, -0.15) is 9.97 Å². The Labute approximate surface area is 126 Å². The first-order chi connectivity index (χ1) is 10.3. The number of aromatic nitrogens is 4. The number of rotatable bonds is 10. The summed E-state index contributed by atoms with van der Waals surface area (Å²) < 4.78 is 0. The molecule has 0 aromatic carbocycles. The van der Waals surface area contributed by atoms with Crippen molar-refractivity contribution in [1.29, 1.82) is 0 Å². The molecule has 0 saturated heterocycles. The number of unbranched alkanes of at least 4 members (excludes halogenated alkanes) is 7. The van der Waals surface area contributed by atoms with Crippen LogP contribution in [0.25, 0.3) is 11.2 Å². The number of anilines is 2. The van der Waals surface area contributed by atoms with Crippen molar-refractivity contribution in [3.05, 3.63) is 6.33 Å². The van der Waals surface area contributed by atoms with E-state index in [0.717, 1.165) is 24.3 Å². The van der Waals surface area contributed by atoms with Crippen LogP contribution in [0.15, 0.2) is 6.33 Å². The standard InChI is InChI=1S/C15H26N6/c1-2-3-4-5-6-7-8-9-10-17-13-12-14(19-11-18-12)21-15(16)20-13/h11H,2-10H2,1H3,(H4,16,17,18,19,20,21). The summed E-state index contributed by atoms with van der Waals surface area (Å²) in [6.45, 7) is 3.15. The Kier molecular flexibility index (Phi) is 6.24. The first kappa shape index (κ1) is 15.5. The Hall–Kier alpha value is -1.85. The summed E-state index contributed by atoms with van der Waals surface area (Å²) in [4.78, 5) is 15.4. The van der Waals surface area contributed by atoms with E-state index in [4.69, 9.17) is 5.73 Å². The van der Waals surface area contributed by atoms with Gasteiger partial charge in [-0.3, -0.25) is 0 Å². The molecule has 0 aliphatic carbocycles. The number of nitrogens with two attached hydrogens (primary N) is 1. The lowest BCUT2D eigenvalue weighted by Gasteiger charge is -2.07. The predicted octanol–water partition coefficient (Wildman–Crippen LogP) is 3.49. The summed E-state index contributed by atoms with van der Waals surface area (Å²) in [5, 5.41) is 3.32. The lowest BCUT2D eigenvalue weighted by atomic mass is 10.1. The molecular weight excluding hydrogens is 264 g/mol. The fourth-order valence-electron chi connectivity index (χ4n) is 2.44. The van der Waals surface area contributed by atoms with E-state index < -0.39 is 0 Å². The maximum absolute atomic E-state index is 5.68. The molecule has 0 fully saturated rings. The van der Waals surface area contributed by atoms with Crippen LogP contribution in [0.1, 0.15) is 58.3 Å². The lowest BCUT2D eigenvalue weighted by molar-refractivity contribution is 0.581. The molecule has 116 valence electrons. The van der Waals surface area contributed by atoms with Gasteiger partial charge in [0.05, 0.1) is 6.33 Å². The van der Waals surface area contributed by atoms with E-state index in [2.05, 4.69) is 32.2 Å². The molecule has 0 unspecified atom stereocenters. The second-order valence-electron chi connectivity index (χ2n) is 5.43. The van der Waals surface area contributed by atoms with Crippen molar-refractivity contribution >= 4 is 22.9 Å². The van der Waals surface area contributed by atoms with Crippen LogP contribution in [0.3, 0.4) is 0 Å². The van der Waals surface area contributed by atoms with Gasteiger partial charge in [0.15, 0.2) is 11.5 Å².